The number of aromatic nitrogens is 1. The zero-order valence-electron chi connectivity index (χ0n) is 13.7. The van der Waals surface area contributed by atoms with Gasteiger partial charge >= 0.3 is 0 Å². The van der Waals surface area contributed by atoms with Gasteiger partial charge in [0.25, 0.3) is 11.5 Å². The highest BCUT2D eigenvalue weighted by Gasteiger charge is 2.23. The first kappa shape index (κ1) is 16.5. The van der Waals surface area contributed by atoms with Crippen LogP contribution in [0.2, 0.25) is 0 Å². The van der Waals surface area contributed by atoms with Gasteiger partial charge in [0.1, 0.15) is 11.3 Å². The van der Waals surface area contributed by atoms with E-state index in [9.17, 15) is 14.7 Å². The van der Waals surface area contributed by atoms with Crippen LogP contribution in [0.1, 0.15) is 36.5 Å². The molecule has 24 heavy (non-hydrogen) atoms. The molecular weight excluding hydrogens is 308 g/mol. The number of hydrogen-bond acceptors (Lipinski definition) is 4. The summed E-state index contributed by atoms with van der Waals surface area (Å²) in [7, 11) is 0. The summed E-state index contributed by atoms with van der Waals surface area (Å²) in [4.78, 5) is 25.2. The number of hydrogen-bond donors (Lipinski definition) is 2. The van der Waals surface area contributed by atoms with Gasteiger partial charge in [-0.3, -0.25) is 9.59 Å². The van der Waals surface area contributed by atoms with Crippen LogP contribution in [0, 0.1) is 0 Å². The number of rotatable bonds is 5. The molecule has 3 rings (SSSR count). The van der Waals surface area contributed by atoms with E-state index in [1.165, 1.54) is 0 Å². The van der Waals surface area contributed by atoms with Crippen LogP contribution in [0.5, 0.6) is 5.75 Å². The average Bonchev–Trinajstić information content (AvgIpc) is 3.10. The summed E-state index contributed by atoms with van der Waals surface area (Å²) in [6.07, 6.45) is 2.61. The molecule has 128 valence electrons. The molecule has 0 aliphatic carbocycles. The van der Waals surface area contributed by atoms with Crippen LogP contribution in [0.4, 0.5) is 0 Å². The Balaban J connectivity index is 1.99. The van der Waals surface area contributed by atoms with Gasteiger partial charge in [-0.15, -0.1) is 0 Å². The lowest BCUT2D eigenvalue weighted by atomic mass is 10.1. The standard InChI is InChI=1S/C18H22N2O4/c1-2-9-20-14-8-4-3-7-13(14)16(21)15(18(20)23)17(22)19-11-12-6-5-10-24-12/h3-4,7-8,12,21H,2,5-6,9-11H2,1H3,(H,19,22)/t12-/m0/s1. The van der Waals surface area contributed by atoms with E-state index in [1.807, 2.05) is 13.0 Å². The zero-order chi connectivity index (χ0) is 17.1. The smallest absolute Gasteiger partial charge is 0.267 e. The number of aryl methyl sites for hydroxylation is 1. The lowest BCUT2D eigenvalue weighted by Crippen LogP contribution is -2.37. The molecule has 0 bridgehead atoms. The predicted molar refractivity (Wildman–Crippen MR) is 91.5 cm³/mol. The van der Waals surface area contributed by atoms with Crippen molar-refractivity contribution in [3.63, 3.8) is 0 Å². The molecule has 0 radical (unpaired) electrons. The first-order chi connectivity index (χ1) is 11.6. The molecule has 1 aliphatic rings. The summed E-state index contributed by atoms with van der Waals surface area (Å²) >= 11 is 0. The minimum Gasteiger partial charge on any atom is -0.506 e. The van der Waals surface area contributed by atoms with Gasteiger partial charge in [0.05, 0.1) is 11.6 Å². The maximum atomic E-state index is 12.7. The summed E-state index contributed by atoms with van der Waals surface area (Å²) in [6.45, 7) is 3.50. The van der Waals surface area contributed by atoms with Gasteiger partial charge in [-0.25, -0.2) is 0 Å². The molecule has 1 atom stereocenters. The van der Waals surface area contributed by atoms with E-state index >= 15 is 0 Å². The van der Waals surface area contributed by atoms with Crippen LogP contribution >= 0.6 is 0 Å². The number of nitrogens with one attached hydrogen (secondary N) is 1. The number of benzene rings is 1. The van der Waals surface area contributed by atoms with Crippen LogP contribution < -0.4 is 10.9 Å². The van der Waals surface area contributed by atoms with Crippen molar-refractivity contribution in [2.24, 2.45) is 0 Å². The highest BCUT2D eigenvalue weighted by molar-refractivity contribution is 6.02. The van der Waals surface area contributed by atoms with Crippen molar-refractivity contribution in [3.05, 3.63) is 40.2 Å². The van der Waals surface area contributed by atoms with E-state index in [2.05, 4.69) is 5.32 Å². The van der Waals surface area contributed by atoms with Gasteiger partial charge < -0.3 is 19.7 Å². The van der Waals surface area contributed by atoms with Crippen LogP contribution in [-0.4, -0.2) is 34.8 Å². The third-order valence-corrected chi connectivity index (χ3v) is 4.33. The molecule has 2 heterocycles. The fraction of sp³-hybridized carbons (Fsp3) is 0.444. The second-order valence-electron chi connectivity index (χ2n) is 6.04. The fourth-order valence-electron chi connectivity index (χ4n) is 3.14. The molecule has 0 saturated carbocycles. The molecule has 6 heteroatoms. The SMILES string of the molecule is CCCn1c(=O)c(C(=O)NC[C@@H]2CCCO2)c(O)c2ccccc21. The molecule has 0 unspecified atom stereocenters. The zero-order valence-corrected chi connectivity index (χ0v) is 13.7. The van der Waals surface area contributed by atoms with Crippen molar-refractivity contribution in [2.45, 2.75) is 38.8 Å². The van der Waals surface area contributed by atoms with Gasteiger partial charge in [-0.2, -0.15) is 0 Å². The number of fused-ring (bicyclic) bond motifs is 1. The van der Waals surface area contributed by atoms with E-state index in [4.69, 9.17) is 4.74 Å². The highest BCUT2D eigenvalue weighted by Crippen LogP contribution is 2.26. The topological polar surface area (TPSA) is 80.6 Å². The Labute approximate surface area is 140 Å². The molecular formula is C18H22N2O4. The van der Waals surface area contributed by atoms with E-state index in [0.717, 1.165) is 19.3 Å². The van der Waals surface area contributed by atoms with E-state index in [0.29, 0.717) is 30.6 Å². The second kappa shape index (κ2) is 7.05. The number of carbonyl (C=O) groups excluding carboxylic acids is 1. The van der Waals surface area contributed by atoms with Crippen molar-refractivity contribution in [2.75, 3.05) is 13.2 Å². The summed E-state index contributed by atoms with van der Waals surface area (Å²) in [5.41, 5.74) is -0.0180. The Kier molecular flexibility index (Phi) is 4.85. The van der Waals surface area contributed by atoms with Crippen molar-refractivity contribution in [1.29, 1.82) is 0 Å². The van der Waals surface area contributed by atoms with Crippen molar-refractivity contribution in [3.8, 4) is 5.75 Å². The van der Waals surface area contributed by atoms with Crippen LogP contribution in [0.15, 0.2) is 29.1 Å². The van der Waals surface area contributed by atoms with Crippen LogP contribution in [0.3, 0.4) is 0 Å². The molecule has 1 aliphatic heterocycles. The molecule has 6 nitrogen and oxygen atoms in total. The van der Waals surface area contributed by atoms with Crippen molar-refractivity contribution >= 4 is 16.8 Å². The monoisotopic (exact) mass is 330 g/mol. The Bertz CT molecular complexity index is 807. The molecule has 1 aromatic carbocycles. The number of pyridine rings is 1. The van der Waals surface area contributed by atoms with Gasteiger partial charge in [-0.1, -0.05) is 19.1 Å². The molecule has 1 amide bonds. The fourth-order valence-corrected chi connectivity index (χ4v) is 3.14. The average molecular weight is 330 g/mol. The summed E-state index contributed by atoms with van der Waals surface area (Å²) in [5.74, 6) is -0.809. The van der Waals surface area contributed by atoms with Gasteiger partial charge in [0.2, 0.25) is 0 Å². The predicted octanol–water partition coefficient (Wildman–Crippen LogP) is 2.03. The lowest BCUT2D eigenvalue weighted by molar-refractivity contribution is 0.0854. The van der Waals surface area contributed by atoms with Crippen molar-refractivity contribution in [1.82, 2.24) is 9.88 Å². The van der Waals surface area contributed by atoms with Crippen molar-refractivity contribution < 1.29 is 14.6 Å². The molecule has 2 N–H and O–H groups in total. The number of aromatic hydroxyl groups is 1. The number of para-hydroxylation sites is 1. The Morgan fingerprint density at radius 3 is 2.92 bits per heavy atom. The third-order valence-electron chi connectivity index (χ3n) is 4.33. The number of ether oxygens (including phenoxy) is 1. The number of amides is 1. The first-order valence-corrected chi connectivity index (χ1v) is 8.37. The lowest BCUT2D eigenvalue weighted by Gasteiger charge is -2.15. The van der Waals surface area contributed by atoms with Gasteiger partial charge in [0.15, 0.2) is 0 Å². The first-order valence-electron chi connectivity index (χ1n) is 8.37. The maximum Gasteiger partial charge on any atom is 0.267 e. The highest BCUT2D eigenvalue weighted by atomic mass is 16.5. The van der Waals surface area contributed by atoms with E-state index in [-0.39, 0.29) is 17.4 Å². The largest absolute Gasteiger partial charge is 0.506 e. The minimum absolute atomic E-state index is 0.0191. The minimum atomic E-state index is -0.552. The summed E-state index contributed by atoms with van der Waals surface area (Å²) in [6, 6.07) is 7.08. The summed E-state index contributed by atoms with van der Waals surface area (Å²) < 4.78 is 7.02. The Hall–Kier alpha value is -2.34. The van der Waals surface area contributed by atoms with E-state index in [1.54, 1.807) is 22.8 Å². The number of nitrogens with zero attached hydrogens (tertiary/aromatic N) is 1. The van der Waals surface area contributed by atoms with Gasteiger partial charge in [-0.05, 0) is 31.4 Å². The van der Waals surface area contributed by atoms with Crippen LogP contribution in [-0.2, 0) is 11.3 Å². The number of carbonyl (C=O) groups is 1. The second-order valence-corrected chi connectivity index (χ2v) is 6.04. The molecule has 1 fully saturated rings. The van der Waals surface area contributed by atoms with Gasteiger partial charge in [0, 0.05) is 25.1 Å². The molecule has 1 saturated heterocycles. The van der Waals surface area contributed by atoms with Crippen LogP contribution in [0.25, 0.3) is 10.9 Å². The van der Waals surface area contributed by atoms with E-state index < -0.39 is 11.5 Å². The summed E-state index contributed by atoms with van der Waals surface area (Å²) in [5, 5.41) is 13.7. The Morgan fingerprint density at radius 2 is 2.21 bits per heavy atom. The molecule has 1 aromatic heterocycles. The molecule has 0 spiro atoms. The third kappa shape index (κ3) is 3.01. The molecule has 2 aromatic rings. The Morgan fingerprint density at radius 1 is 1.42 bits per heavy atom. The quantitative estimate of drug-likeness (QED) is 0.879. The normalized spacial score (nSPS) is 17.3. The maximum absolute atomic E-state index is 12.7.